The first-order valence-corrected chi connectivity index (χ1v) is 10.3. The van der Waals surface area contributed by atoms with E-state index in [1.54, 1.807) is 11.9 Å². The summed E-state index contributed by atoms with van der Waals surface area (Å²) in [5, 5.41) is 6.59. The van der Waals surface area contributed by atoms with Gasteiger partial charge in [0.05, 0.1) is 12.1 Å². The highest BCUT2D eigenvalue weighted by Gasteiger charge is 2.35. The molecule has 2 rings (SSSR count). The topological polar surface area (TPSA) is 48.9 Å². The molecule has 0 aromatic heterocycles. The number of halogens is 2. The number of hydrogen-bond acceptors (Lipinski definition) is 3. The molecule has 2 N–H and O–H groups in total. The molecule has 164 valence electrons. The lowest BCUT2D eigenvalue weighted by Crippen LogP contribution is -2.48. The van der Waals surface area contributed by atoms with Gasteiger partial charge < -0.3 is 20.3 Å². The summed E-state index contributed by atoms with van der Waals surface area (Å²) in [6.07, 6.45) is 2.34. The maximum atomic E-state index is 14.3. The number of nitrogens with one attached hydrogen (secondary N) is 2. The number of likely N-dealkylation sites (N-methyl/N-ethyl adjacent to an activating group) is 1. The summed E-state index contributed by atoms with van der Waals surface area (Å²) >= 11 is 0. The number of rotatable bonds is 6. The third-order valence-electron chi connectivity index (χ3n) is 5.47. The van der Waals surface area contributed by atoms with Gasteiger partial charge in [0.25, 0.3) is 0 Å². The SMILES string of the molecule is CN=C(NCC1CCCOC1C(C)(C)C)NCC(c1c(F)cccc1F)N(C)C. The molecule has 1 aromatic rings. The summed E-state index contributed by atoms with van der Waals surface area (Å²) in [6.45, 7) is 8.48. The van der Waals surface area contributed by atoms with Crippen molar-refractivity contribution in [2.24, 2.45) is 16.3 Å². The molecule has 5 nitrogen and oxygen atoms in total. The summed E-state index contributed by atoms with van der Waals surface area (Å²) in [5.41, 5.74) is 0.135. The number of guanidine groups is 1. The van der Waals surface area contributed by atoms with Crippen molar-refractivity contribution in [2.75, 3.05) is 40.8 Å². The van der Waals surface area contributed by atoms with Crippen molar-refractivity contribution < 1.29 is 13.5 Å². The quantitative estimate of drug-likeness (QED) is 0.556. The molecule has 1 aliphatic heterocycles. The zero-order valence-electron chi connectivity index (χ0n) is 18.6. The van der Waals surface area contributed by atoms with Gasteiger partial charge in [0.2, 0.25) is 0 Å². The highest BCUT2D eigenvalue weighted by Crippen LogP contribution is 2.33. The Morgan fingerprint density at radius 1 is 1.24 bits per heavy atom. The Hall–Kier alpha value is -1.73. The average molecular weight is 411 g/mol. The second-order valence-electron chi connectivity index (χ2n) is 9.01. The average Bonchev–Trinajstić information content (AvgIpc) is 2.65. The molecule has 1 saturated heterocycles. The third-order valence-corrected chi connectivity index (χ3v) is 5.47. The minimum absolute atomic E-state index is 0.0638. The van der Waals surface area contributed by atoms with Crippen LogP contribution in [0.3, 0.4) is 0 Å². The fraction of sp³-hybridized carbons (Fsp3) is 0.682. The van der Waals surface area contributed by atoms with Gasteiger partial charge in [-0.1, -0.05) is 26.8 Å². The second-order valence-corrected chi connectivity index (χ2v) is 9.01. The lowest BCUT2D eigenvalue weighted by atomic mass is 9.78. The van der Waals surface area contributed by atoms with Crippen LogP contribution in [0, 0.1) is 23.0 Å². The number of hydrogen-bond donors (Lipinski definition) is 2. The van der Waals surface area contributed by atoms with Crippen molar-refractivity contribution >= 4 is 5.96 Å². The predicted octanol–water partition coefficient (Wildman–Crippen LogP) is 3.57. The standard InChI is InChI=1S/C22H36F2N4O/c1-22(2,3)20-15(9-8-12-29-20)13-26-21(25-4)27-14-18(28(5)6)19-16(23)10-7-11-17(19)24/h7,10-11,15,18,20H,8-9,12-14H2,1-6H3,(H2,25,26,27). The fourth-order valence-corrected chi connectivity index (χ4v) is 4.02. The predicted molar refractivity (Wildman–Crippen MR) is 114 cm³/mol. The van der Waals surface area contributed by atoms with Crippen LogP contribution in [0.25, 0.3) is 0 Å². The Morgan fingerprint density at radius 2 is 1.90 bits per heavy atom. The second kappa shape index (κ2) is 10.3. The van der Waals surface area contributed by atoms with Crippen LogP contribution in [0.5, 0.6) is 0 Å². The van der Waals surface area contributed by atoms with Gasteiger partial charge in [0.1, 0.15) is 11.6 Å². The van der Waals surface area contributed by atoms with Crippen molar-refractivity contribution in [3.63, 3.8) is 0 Å². The molecule has 0 spiro atoms. The van der Waals surface area contributed by atoms with Crippen LogP contribution in [0.2, 0.25) is 0 Å². The van der Waals surface area contributed by atoms with Gasteiger partial charge in [-0.2, -0.15) is 0 Å². The van der Waals surface area contributed by atoms with Crippen molar-refractivity contribution in [3.8, 4) is 0 Å². The van der Waals surface area contributed by atoms with E-state index < -0.39 is 17.7 Å². The van der Waals surface area contributed by atoms with Gasteiger partial charge in [0, 0.05) is 38.2 Å². The molecule has 0 amide bonds. The van der Waals surface area contributed by atoms with Gasteiger partial charge in [0.15, 0.2) is 5.96 Å². The Kier molecular flexibility index (Phi) is 8.40. The van der Waals surface area contributed by atoms with E-state index in [0.717, 1.165) is 26.0 Å². The van der Waals surface area contributed by atoms with E-state index in [4.69, 9.17) is 4.74 Å². The van der Waals surface area contributed by atoms with E-state index in [9.17, 15) is 8.78 Å². The molecule has 1 fully saturated rings. The van der Waals surface area contributed by atoms with E-state index in [-0.39, 0.29) is 17.1 Å². The number of aliphatic imine (C=N–C) groups is 1. The Bertz CT molecular complexity index is 668. The molecule has 7 heteroatoms. The van der Waals surface area contributed by atoms with E-state index in [0.29, 0.717) is 18.4 Å². The minimum Gasteiger partial charge on any atom is -0.377 e. The zero-order valence-corrected chi connectivity index (χ0v) is 18.6. The molecule has 29 heavy (non-hydrogen) atoms. The van der Waals surface area contributed by atoms with Crippen LogP contribution in [0.1, 0.15) is 45.2 Å². The lowest BCUT2D eigenvalue weighted by Gasteiger charge is -2.40. The maximum Gasteiger partial charge on any atom is 0.191 e. The van der Waals surface area contributed by atoms with E-state index in [1.807, 2.05) is 14.1 Å². The normalized spacial score (nSPS) is 21.9. The Balaban J connectivity index is 2.00. The van der Waals surface area contributed by atoms with Crippen molar-refractivity contribution in [1.29, 1.82) is 0 Å². The molecule has 3 unspecified atom stereocenters. The summed E-state index contributed by atoms with van der Waals surface area (Å²) in [6, 6.07) is 3.50. The van der Waals surface area contributed by atoms with Gasteiger partial charge in [-0.25, -0.2) is 8.78 Å². The van der Waals surface area contributed by atoms with Crippen LogP contribution in [0.4, 0.5) is 8.78 Å². The first-order chi connectivity index (χ1) is 13.6. The first-order valence-electron chi connectivity index (χ1n) is 10.3. The maximum absolute atomic E-state index is 14.3. The van der Waals surface area contributed by atoms with E-state index >= 15 is 0 Å². The molecule has 0 radical (unpaired) electrons. The molecular weight excluding hydrogens is 374 g/mol. The van der Waals surface area contributed by atoms with Crippen LogP contribution in [0.15, 0.2) is 23.2 Å². The van der Waals surface area contributed by atoms with Gasteiger partial charge in [-0.05, 0) is 44.5 Å². The molecule has 1 aliphatic rings. The van der Waals surface area contributed by atoms with E-state index in [1.165, 1.54) is 18.2 Å². The Labute approximate surface area is 173 Å². The molecule has 0 aliphatic carbocycles. The highest BCUT2D eigenvalue weighted by molar-refractivity contribution is 5.79. The highest BCUT2D eigenvalue weighted by atomic mass is 19.1. The van der Waals surface area contributed by atoms with Crippen molar-refractivity contribution in [1.82, 2.24) is 15.5 Å². The number of benzene rings is 1. The smallest absolute Gasteiger partial charge is 0.191 e. The zero-order chi connectivity index (χ0) is 21.6. The van der Waals surface area contributed by atoms with Crippen LogP contribution >= 0.6 is 0 Å². The summed E-state index contributed by atoms with van der Waals surface area (Å²) in [5.74, 6) is -0.0792. The van der Waals surface area contributed by atoms with Gasteiger partial charge >= 0.3 is 0 Å². The van der Waals surface area contributed by atoms with Gasteiger partial charge in [-0.3, -0.25) is 4.99 Å². The minimum atomic E-state index is -0.541. The first kappa shape index (κ1) is 23.5. The summed E-state index contributed by atoms with van der Waals surface area (Å²) in [7, 11) is 5.31. The number of ether oxygens (including phenoxy) is 1. The molecule has 3 atom stereocenters. The molecule has 0 bridgehead atoms. The van der Waals surface area contributed by atoms with Crippen LogP contribution < -0.4 is 10.6 Å². The molecular formula is C22H36F2N4O. The molecule has 1 heterocycles. The molecule has 0 saturated carbocycles. The third kappa shape index (κ3) is 6.37. The van der Waals surface area contributed by atoms with Crippen LogP contribution in [-0.4, -0.2) is 57.8 Å². The van der Waals surface area contributed by atoms with E-state index in [2.05, 4.69) is 36.4 Å². The monoisotopic (exact) mass is 410 g/mol. The van der Waals surface area contributed by atoms with Crippen molar-refractivity contribution in [2.45, 2.75) is 45.8 Å². The van der Waals surface area contributed by atoms with Crippen molar-refractivity contribution in [3.05, 3.63) is 35.4 Å². The van der Waals surface area contributed by atoms with Crippen LogP contribution in [-0.2, 0) is 4.74 Å². The summed E-state index contributed by atoms with van der Waals surface area (Å²) < 4.78 is 34.6. The largest absolute Gasteiger partial charge is 0.377 e. The van der Waals surface area contributed by atoms with Gasteiger partial charge in [-0.15, -0.1) is 0 Å². The lowest BCUT2D eigenvalue weighted by molar-refractivity contribution is -0.0835. The Morgan fingerprint density at radius 3 is 2.45 bits per heavy atom. The summed E-state index contributed by atoms with van der Waals surface area (Å²) in [4.78, 5) is 6.08. The fourth-order valence-electron chi connectivity index (χ4n) is 4.02. The number of nitrogens with zero attached hydrogens (tertiary/aromatic N) is 2. The molecule has 1 aromatic carbocycles.